The van der Waals surface area contributed by atoms with E-state index in [2.05, 4.69) is 5.32 Å². The van der Waals surface area contributed by atoms with Gasteiger partial charge in [0.25, 0.3) is 0 Å². The van der Waals surface area contributed by atoms with Crippen molar-refractivity contribution in [1.29, 1.82) is 0 Å². The normalized spacial score (nSPS) is 12.2. The number of carbonyl (C=O) groups is 1. The third kappa shape index (κ3) is 3.79. The van der Waals surface area contributed by atoms with Crippen molar-refractivity contribution in [1.82, 2.24) is 5.32 Å². The second-order valence-corrected chi connectivity index (χ2v) is 5.67. The predicted molar refractivity (Wildman–Crippen MR) is 77.4 cm³/mol. The zero-order valence-electron chi connectivity index (χ0n) is 10.5. The molecule has 1 unspecified atom stereocenters. The fourth-order valence-electron chi connectivity index (χ4n) is 1.78. The second-order valence-electron chi connectivity index (χ2n) is 4.23. The number of nitrogens with one attached hydrogen (secondary N) is 1. The average Bonchev–Trinajstić information content (AvgIpc) is 2.92. The molecule has 1 heterocycles. The van der Waals surface area contributed by atoms with Gasteiger partial charge in [0.05, 0.1) is 24.1 Å². The van der Waals surface area contributed by atoms with Crippen LogP contribution in [0.5, 0.6) is 0 Å². The van der Waals surface area contributed by atoms with Gasteiger partial charge in [-0.15, -0.1) is 11.3 Å². The maximum absolute atomic E-state index is 13.4. The van der Waals surface area contributed by atoms with Gasteiger partial charge in [-0.1, -0.05) is 23.7 Å². The summed E-state index contributed by atoms with van der Waals surface area (Å²) in [6.45, 7) is -0.308. The molecule has 2 N–H and O–H groups in total. The van der Waals surface area contributed by atoms with E-state index < -0.39 is 11.9 Å². The number of rotatable bonds is 5. The number of amides is 1. The van der Waals surface area contributed by atoms with E-state index in [1.807, 2.05) is 17.5 Å². The Kier molecular flexibility index (Phi) is 5.11. The van der Waals surface area contributed by atoms with Gasteiger partial charge >= 0.3 is 0 Å². The highest BCUT2D eigenvalue weighted by atomic mass is 35.5. The van der Waals surface area contributed by atoms with Crippen LogP contribution in [-0.2, 0) is 11.2 Å². The highest BCUT2D eigenvalue weighted by molar-refractivity contribution is 7.10. The molecule has 0 aliphatic carbocycles. The van der Waals surface area contributed by atoms with E-state index in [9.17, 15) is 14.3 Å². The average molecular weight is 314 g/mol. The quantitative estimate of drug-likeness (QED) is 0.891. The first-order chi connectivity index (χ1) is 9.60. The first kappa shape index (κ1) is 15.0. The second kappa shape index (κ2) is 6.83. The standard InChI is InChI=1S/C14H13ClFNO2S/c15-11-4-3-9(6-12(11)16)13(8-18)17-14(19)7-10-2-1-5-20-10/h1-6,13,18H,7-8H2,(H,17,19). The lowest BCUT2D eigenvalue weighted by Crippen LogP contribution is -2.31. The molecule has 1 atom stereocenters. The van der Waals surface area contributed by atoms with Crippen molar-refractivity contribution in [2.75, 3.05) is 6.61 Å². The Morgan fingerprint density at radius 2 is 2.25 bits per heavy atom. The molecule has 0 radical (unpaired) electrons. The van der Waals surface area contributed by atoms with Crippen molar-refractivity contribution in [3.63, 3.8) is 0 Å². The van der Waals surface area contributed by atoms with Crippen LogP contribution in [0.25, 0.3) is 0 Å². The zero-order valence-corrected chi connectivity index (χ0v) is 12.0. The number of thiophene rings is 1. The number of aliphatic hydroxyl groups is 1. The van der Waals surface area contributed by atoms with Crippen molar-refractivity contribution < 1.29 is 14.3 Å². The number of hydrogen-bond acceptors (Lipinski definition) is 3. The van der Waals surface area contributed by atoms with Crippen LogP contribution >= 0.6 is 22.9 Å². The van der Waals surface area contributed by atoms with Gasteiger partial charge in [-0.3, -0.25) is 4.79 Å². The molecule has 2 rings (SSSR count). The van der Waals surface area contributed by atoms with E-state index in [1.165, 1.54) is 23.5 Å². The maximum Gasteiger partial charge on any atom is 0.225 e. The summed E-state index contributed by atoms with van der Waals surface area (Å²) >= 11 is 7.09. The lowest BCUT2D eigenvalue weighted by Gasteiger charge is -2.17. The van der Waals surface area contributed by atoms with Crippen molar-refractivity contribution in [2.45, 2.75) is 12.5 Å². The van der Waals surface area contributed by atoms with E-state index in [0.29, 0.717) is 5.56 Å². The van der Waals surface area contributed by atoms with E-state index in [-0.39, 0.29) is 24.0 Å². The highest BCUT2D eigenvalue weighted by Crippen LogP contribution is 2.20. The van der Waals surface area contributed by atoms with Gasteiger partial charge in [0.15, 0.2) is 0 Å². The minimum absolute atomic E-state index is 0.00959. The molecular weight excluding hydrogens is 301 g/mol. The summed E-state index contributed by atoms with van der Waals surface area (Å²) in [5, 5.41) is 13.9. The monoisotopic (exact) mass is 313 g/mol. The van der Waals surface area contributed by atoms with Crippen LogP contribution in [0.4, 0.5) is 4.39 Å². The molecule has 0 saturated heterocycles. The van der Waals surface area contributed by atoms with Crippen molar-refractivity contribution in [2.24, 2.45) is 0 Å². The molecule has 3 nitrogen and oxygen atoms in total. The Labute approximate surface area is 125 Å². The molecule has 1 aromatic carbocycles. The molecule has 0 spiro atoms. The number of carbonyl (C=O) groups excluding carboxylic acids is 1. The molecule has 0 bridgehead atoms. The molecule has 20 heavy (non-hydrogen) atoms. The molecule has 106 valence electrons. The fraction of sp³-hybridized carbons (Fsp3) is 0.214. The summed E-state index contributed by atoms with van der Waals surface area (Å²) in [5.74, 6) is -0.794. The summed E-state index contributed by atoms with van der Waals surface area (Å²) in [6, 6.07) is 7.28. The number of aliphatic hydroxyl groups excluding tert-OH is 1. The van der Waals surface area contributed by atoms with Gasteiger partial charge in [-0.2, -0.15) is 0 Å². The van der Waals surface area contributed by atoms with E-state index >= 15 is 0 Å². The van der Waals surface area contributed by atoms with Gasteiger partial charge < -0.3 is 10.4 Å². The van der Waals surface area contributed by atoms with E-state index in [0.717, 1.165) is 4.88 Å². The predicted octanol–water partition coefficient (Wildman–Crippen LogP) is 2.93. The van der Waals surface area contributed by atoms with Crippen LogP contribution in [-0.4, -0.2) is 17.6 Å². The maximum atomic E-state index is 13.4. The third-order valence-electron chi connectivity index (χ3n) is 2.78. The zero-order chi connectivity index (χ0) is 14.5. The molecule has 1 aromatic heterocycles. The Bertz CT molecular complexity index is 589. The summed E-state index contributed by atoms with van der Waals surface area (Å²) in [7, 11) is 0. The topological polar surface area (TPSA) is 49.3 Å². The largest absolute Gasteiger partial charge is 0.394 e. The minimum atomic E-state index is -0.644. The molecule has 0 aliphatic rings. The molecule has 0 saturated carbocycles. The van der Waals surface area contributed by atoms with E-state index in [4.69, 9.17) is 11.6 Å². The lowest BCUT2D eigenvalue weighted by atomic mass is 10.1. The Morgan fingerprint density at radius 1 is 1.45 bits per heavy atom. The van der Waals surface area contributed by atoms with Gasteiger partial charge in [0, 0.05) is 4.88 Å². The minimum Gasteiger partial charge on any atom is -0.394 e. The van der Waals surface area contributed by atoms with Gasteiger partial charge in [-0.05, 0) is 29.1 Å². The molecule has 0 aliphatic heterocycles. The van der Waals surface area contributed by atoms with Crippen molar-refractivity contribution in [3.8, 4) is 0 Å². The SMILES string of the molecule is O=C(Cc1cccs1)NC(CO)c1ccc(Cl)c(F)c1. The van der Waals surface area contributed by atoms with Crippen molar-refractivity contribution >= 4 is 28.8 Å². The Hall–Kier alpha value is -1.43. The van der Waals surface area contributed by atoms with Gasteiger partial charge in [-0.25, -0.2) is 4.39 Å². The molecular formula is C14H13ClFNO2S. The van der Waals surface area contributed by atoms with Crippen LogP contribution < -0.4 is 5.32 Å². The van der Waals surface area contributed by atoms with Crippen LogP contribution in [0.2, 0.25) is 5.02 Å². The Morgan fingerprint density at radius 3 is 2.85 bits per heavy atom. The summed E-state index contributed by atoms with van der Waals surface area (Å²) in [6.07, 6.45) is 0.240. The van der Waals surface area contributed by atoms with Crippen molar-refractivity contribution in [3.05, 3.63) is 57.0 Å². The van der Waals surface area contributed by atoms with Crippen LogP contribution in [0.1, 0.15) is 16.5 Å². The first-order valence-corrected chi connectivity index (χ1v) is 7.23. The lowest BCUT2D eigenvalue weighted by molar-refractivity contribution is -0.121. The smallest absolute Gasteiger partial charge is 0.225 e. The summed E-state index contributed by atoms with van der Waals surface area (Å²) in [4.78, 5) is 12.8. The number of hydrogen-bond donors (Lipinski definition) is 2. The Balaban J connectivity index is 2.04. The van der Waals surface area contributed by atoms with Gasteiger partial charge in [0.1, 0.15) is 5.82 Å². The fourth-order valence-corrected chi connectivity index (χ4v) is 2.60. The van der Waals surface area contributed by atoms with Gasteiger partial charge in [0.2, 0.25) is 5.91 Å². The number of benzene rings is 1. The van der Waals surface area contributed by atoms with Crippen LogP contribution in [0.15, 0.2) is 35.7 Å². The first-order valence-electron chi connectivity index (χ1n) is 5.97. The van der Waals surface area contributed by atoms with Crippen LogP contribution in [0.3, 0.4) is 0 Å². The summed E-state index contributed by atoms with van der Waals surface area (Å²) in [5.41, 5.74) is 0.480. The molecule has 6 heteroatoms. The van der Waals surface area contributed by atoms with E-state index in [1.54, 1.807) is 6.07 Å². The molecule has 1 amide bonds. The third-order valence-corrected chi connectivity index (χ3v) is 3.96. The molecule has 2 aromatic rings. The summed E-state index contributed by atoms with van der Waals surface area (Å²) < 4.78 is 13.4. The van der Waals surface area contributed by atoms with Crippen LogP contribution in [0, 0.1) is 5.82 Å². The number of halogens is 2. The highest BCUT2D eigenvalue weighted by Gasteiger charge is 2.15. The molecule has 0 fully saturated rings.